The molecule has 1 atom stereocenters. The van der Waals surface area contributed by atoms with Gasteiger partial charge in [0.2, 0.25) is 5.95 Å². The van der Waals surface area contributed by atoms with Crippen molar-refractivity contribution in [3.63, 3.8) is 0 Å². The molecule has 4 heterocycles. The first-order valence-corrected chi connectivity index (χ1v) is 14.0. The molecule has 1 aromatic carbocycles. The topological polar surface area (TPSA) is 114 Å². The molecular formula is C28H27BrF3N7O3. The summed E-state index contributed by atoms with van der Waals surface area (Å²) in [6.07, 6.45) is 0.384. The van der Waals surface area contributed by atoms with Gasteiger partial charge in [-0.3, -0.25) is 14.4 Å². The van der Waals surface area contributed by atoms with E-state index < -0.39 is 29.2 Å². The summed E-state index contributed by atoms with van der Waals surface area (Å²) in [6.45, 7) is 5.74. The molecule has 3 aromatic heterocycles. The second kappa shape index (κ2) is 11.0. The van der Waals surface area contributed by atoms with E-state index in [4.69, 9.17) is 0 Å². The van der Waals surface area contributed by atoms with E-state index in [1.807, 2.05) is 13.8 Å². The lowest BCUT2D eigenvalue weighted by Gasteiger charge is -2.35. The highest BCUT2D eigenvalue weighted by Gasteiger charge is 2.36. The normalized spacial score (nSPS) is 15.3. The Kier molecular flexibility index (Phi) is 7.68. The maximum Gasteiger partial charge on any atom is 0.417 e. The number of halogens is 4. The van der Waals surface area contributed by atoms with Crippen molar-refractivity contribution in [1.82, 2.24) is 34.4 Å². The van der Waals surface area contributed by atoms with Crippen molar-refractivity contribution in [3.8, 4) is 5.95 Å². The van der Waals surface area contributed by atoms with Crippen molar-refractivity contribution in [2.45, 2.75) is 52.4 Å². The fraction of sp³-hybridized carbons (Fsp3) is 0.357. The molecule has 5 rings (SSSR count). The molecule has 0 radical (unpaired) electrons. The molecule has 0 aliphatic carbocycles. The molecule has 220 valence electrons. The number of nitrogens with one attached hydrogen (secondary N) is 1. The fourth-order valence-electron chi connectivity index (χ4n) is 5.17. The van der Waals surface area contributed by atoms with E-state index in [0.29, 0.717) is 23.3 Å². The van der Waals surface area contributed by atoms with Crippen molar-refractivity contribution in [3.05, 3.63) is 85.1 Å². The van der Waals surface area contributed by atoms with E-state index in [2.05, 4.69) is 36.3 Å². The molecule has 0 saturated carbocycles. The number of hydrogen-bond acceptors (Lipinski definition) is 6. The molecule has 1 N–H and O–H groups in total. The summed E-state index contributed by atoms with van der Waals surface area (Å²) in [7, 11) is 1.49. The Morgan fingerprint density at radius 3 is 2.45 bits per heavy atom. The Morgan fingerprint density at radius 1 is 1.14 bits per heavy atom. The quantitative estimate of drug-likeness (QED) is 0.348. The van der Waals surface area contributed by atoms with Crippen molar-refractivity contribution in [2.24, 2.45) is 5.92 Å². The number of carbonyl (C=O) groups is 2. The lowest BCUT2D eigenvalue weighted by atomic mass is 9.97. The van der Waals surface area contributed by atoms with E-state index in [0.717, 1.165) is 11.6 Å². The van der Waals surface area contributed by atoms with Crippen LogP contribution < -0.4 is 10.9 Å². The van der Waals surface area contributed by atoms with Gasteiger partial charge in [0.15, 0.2) is 0 Å². The summed E-state index contributed by atoms with van der Waals surface area (Å²) < 4.78 is 43.4. The van der Waals surface area contributed by atoms with Crippen LogP contribution in [0.4, 0.5) is 13.2 Å². The maximum atomic E-state index is 14.1. The van der Waals surface area contributed by atoms with Crippen LogP contribution >= 0.6 is 15.9 Å². The molecule has 4 aromatic rings. The minimum Gasteiger partial charge on any atom is -0.355 e. The van der Waals surface area contributed by atoms with Gasteiger partial charge in [-0.2, -0.15) is 18.3 Å². The third kappa shape index (κ3) is 5.19. The third-order valence-electron chi connectivity index (χ3n) is 7.18. The standard InChI is InChI=1S/C28H27BrF3N7O3/c1-14(2)7-17-12-36-39-22-13-37(25(41)16-5-6-21(29)20(9-16)28(30,31)32)15(3)8-19(22)26(42)38(24(17)39)27-34-10-18(11-35-27)23(40)33-4/h5-6,9-12,14-15H,7-8,13H2,1-4H3,(H,33,40)/t15-/m0/s1. The smallest absolute Gasteiger partial charge is 0.355 e. The molecule has 0 spiro atoms. The Morgan fingerprint density at radius 2 is 1.83 bits per heavy atom. The van der Waals surface area contributed by atoms with Crippen LogP contribution in [-0.4, -0.2) is 54.0 Å². The molecule has 42 heavy (non-hydrogen) atoms. The van der Waals surface area contributed by atoms with Gasteiger partial charge in [-0.1, -0.05) is 29.8 Å². The first-order chi connectivity index (χ1) is 19.8. The summed E-state index contributed by atoms with van der Waals surface area (Å²) in [4.78, 5) is 49.7. The minimum absolute atomic E-state index is 0.0431. The van der Waals surface area contributed by atoms with Gasteiger partial charge in [0.1, 0.15) is 5.65 Å². The van der Waals surface area contributed by atoms with Gasteiger partial charge < -0.3 is 10.2 Å². The molecule has 0 saturated heterocycles. The molecule has 1 aliphatic rings. The third-order valence-corrected chi connectivity index (χ3v) is 7.87. The highest BCUT2D eigenvalue weighted by molar-refractivity contribution is 9.10. The zero-order valence-corrected chi connectivity index (χ0v) is 24.7. The van der Waals surface area contributed by atoms with Crippen LogP contribution in [-0.2, 0) is 25.6 Å². The monoisotopic (exact) mass is 645 g/mol. The Hall–Kier alpha value is -4.07. The number of carbonyl (C=O) groups excluding carboxylic acids is 2. The SMILES string of the molecule is CNC(=O)c1cnc(-n2c(=O)c3c(n4ncc(CC(C)C)c24)CN(C(=O)c2ccc(Br)c(C(F)(F)F)c2)[C@@H](C)C3)nc1. The molecule has 0 fully saturated rings. The number of alkyl halides is 3. The highest BCUT2D eigenvalue weighted by Crippen LogP contribution is 2.36. The predicted octanol–water partition coefficient (Wildman–Crippen LogP) is 4.20. The van der Waals surface area contributed by atoms with Crippen LogP contribution in [0.5, 0.6) is 0 Å². The van der Waals surface area contributed by atoms with E-state index >= 15 is 0 Å². The zero-order chi connectivity index (χ0) is 30.5. The second-order valence-electron chi connectivity index (χ2n) is 10.6. The van der Waals surface area contributed by atoms with Crippen LogP contribution in [0.3, 0.4) is 0 Å². The zero-order valence-electron chi connectivity index (χ0n) is 23.2. The number of amides is 2. The van der Waals surface area contributed by atoms with E-state index in [-0.39, 0.29) is 46.3 Å². The fourth-order valence-corrected chi connectivity index (χ4v) is 5.64. The molecule has 10 nitrogen and oxygen atoms in total. The van der Waals surface area contributed by atoms with Crippen LogP contribution in [0.15, 0.2) is 46.1 Å². The van der Waals surface area contributed by atoms with Gasteiger partial charge in [-0.15, -0.1) is 0 Å². The van der Waals surface area contributed by atoms with Gasteiger partial charge in [0, 0.05) is 46.6 Å². The van der Waals surface area contributed by atoms with Crippen molar-refractivity contribution in [1.29, 1.82) is 0 Å². The number of fused-ring (bicyclic) bond motifs is 3. The summed E-state index contributed by atoms with van der Waals surface area (Å²) >= 11 is 2.92. The predicted molar refractivity (Wildman–Crippen MR) is 150 cm³/mol. The maximum absolute atomic E-state index is 14.1. The van der Waals surface area contributed by atoms with Crippen molar-refractivity contribution < 1.29 is 22.8 Å². The van der Waals surface area contributed by atoms with Crippen LogP contribution in [0.25, 0.3) is 11.6 Å². The average Bonchev–Trinajstić information content (AvgIpc) is 3.34. The largest absolute Gasteiger partial charge is 0.417 e. The average molecular weight is 646 g/mol. The van der Waals surface area contributed by atoms with E-state index in [1.54, 1.807) is 17.6 Å². The summed E-state index contributed by atoms with van der Waals surface area (Å²) in [5.41, 5.74) is 0.800. The van der Waals surface area contributed by atoms with Crippen LogP contribution in [0.1, 0.15) is 63.9 Å². The second-order valence-corrected chi connectivity index (χ2v) is 11.5. The number of nitrogens with zero attached hydrogens (tertiary/aromatic N) is 6. The lowest BCUT2D eigenvalue weighted by molar-refractivity contribution is -0.138. The van der Waals surface area contributed by atoms with Gasteiger partial charge in [-0.25, -0.2) is 19.1 Å². The van der Waals surface area contributed by atoms with Crippen LogP contribution in [0.2, 0.25) is 0 Å². The first kappa shape index (κ1) is 29.4. The Labute approximate surface area is 246 Å². The molecule has 2 amide bonds. The number of hydrogen-bond donors (Lipinski definition) is 1. The number of rotatable bonds is 5. The number of benzene rings is 1. The molecule has 1 aliphatic heterocycles. The minimum atomic E-state index is -4.64. The van der Waals surface area contributed by atoms with Gasteiger partial charge in [0.05, 0.1) is 29.6 Å². The summed E-state index contributed by atoms with van der Waals surface area (Å²) in [6, 6.07) is 2.86. The lowest BCUT2D eigenvalue weighted by Crippen LogP contribution is -2.46. The Bertz CT molecular complexity index is 1760. The van der Waals surface area contributed by atoms with Crippen molar-refractivity contribution in [2.75, 3.05) is 7.05 Å². The first-order valence-electron chi connectivity index (χ1n) is 13.2. The summed E-state index contributed by atoms with van der Waals surface area (Å²) in [5.74, 6) is -0.689. The Balaban J connectivity index is 1.64. The van der Waals surface area contributed by atoms with E-state index in [9.17, 15) is 27.6 Å². The van der Waals surface area contributed by atoms with Gasteiger partial charge in [-0.05, 0) is 43.9 Å². The molecular weight excluding hydrogens is 619 g/mol. The van der Waals surface area contributed by atoms with Gasteiger partial charge >= 0.3 is 6.18 Å². The highest BCUT2D eigenvalue weighted by atomic mass is 79.9. The molecule has 0 bridgehead atoms. The van der Waals surface area contributed by atoms with Gasteiger partial charge in [0.25, 0.3) is 17.4 Å². The number of aromatic nitrogens is 5. The summed E-state index contributed by atoms with van der Waals surface area (Å²) in [5, 5.41) is 7.07. The molecule has 14 heteroatoms. The molecule has 0 unspecified atom stereocenters. The van der Waals surface area contributed by atoms with Crippen LogP contribution in [0, 0.1) is 5.92 Å². The van der Waals surface area contributed by atoms with Crippen molar-refractivity contribution >= 4 is 33.4 Å². The van der Waals surface area contributed by atoms with E-state index in [1.165, 1.54) is 41.0 Å².